The topological polar surface area (TPSA) is 111 Å². The third-order valence-corrected chi connectivity index (χ3v) is 5.31. The highest BCUT2D eigenvalue weighted by Crippen LogP contribution is 2.37. The molecule has 3 heterocycles. The maximum atomic E-state index is 13.7. The number of aromatic nitrogens is 5. The number of fused-ring (bicyclic) bond motifs is 1. The SMILES string of the molecule is NC(=O)c1c(-c2cn(C3CCC(CO)CC3)nc2C(F)F)nn2cccnc12. The largest absolute Gasteiger partial charge is 0.396 e. The van der Waals surface area contributed by atoms with E-state index >= 15 is 0 Å². The first-order chi connectivity index (χ1) is 13.5. The monoisotopic (exact) mass is 390 g/mol. The molecule has 28 heavy (non-hydrogen) atoms. The van der Waals surface area contributed by atoms with Crippen molar-refractivity contribution in [2.75, 3.05) is 6.61 Å². The number of amides is 1. The highest BCUT2D eigenvalue weighted by Gasteiger charge is 2.30. The van der Waals surface area contributed by atoms with Crippen molar-refractivity contribution in [3.8, 4) is 11.3 Å². The van der Waals surface area contributed by atoms with Gasteiger partial charge in [-0.1, -0.05) is 0 Å². The quantitative estimate of drug-likeness (QED) is 0.695. The molecule has 0 radical (unpaired) electrons. The van der Waals surface area contributed by atoms with Gasteiger partial charge in [-0.05, 0) is 37.7 Å². The third-order valence-electron chi connectivity index (χ3n) is 5.31. The molecule has 10 heteroatoms. The van der Waals surface area contributed by atoms with E-state index in [4.69, 9.17) is 5.73 Å². The average Bonchev–Trinajstić information content (AvgIpc) is 3.30. The van der Waals surface area contributed by atoms with Crippen LogP contribution in [0.4, 0.5) is 8.78 Å². The van der Waals surface area contributed by atoms with Gasteiger partial charge in [0.05, 0.1) is 11.6 Å². The Morgan fingerprint density at radius 1 is 1.29 bits per heavy atom. The molecule has 0 saturated heterocycles. The van der Waals surface area contributed by atoms with Crippen molar-refractivity contribution in [2.45, 2.75) is 38.2 Å². The molecule has 1 fully saturated rings. The lowest BCUT2D eigenvalue weighted by atomic mass is 9.87. The number of nitrogens with zero attached hydrogens (tertiary/aromatic N) is 5. The van der Waals surface area contributed by atoms with Crippen LogP contribution >= 0.6 is 0 Å². The van der Waals surface area contributed by atoms with E-state index in [9.17, 15) is 18.7 Å². The fourth-order valence-corrected chi connectivity index (χ4v) is 3.83. The second-order valence-corrected chi connectivity index (χ2v) is 7.04. The van der Waals surface area contributed by atoms with E-state index in [0.29, 0.717) is 0 Å². The van der Waals surface area contributed by atoms with Gasteiger partial charge in [0.2, 0.25) is 0 Å². The van der Waals surface area contributed by atoms with Crippen LogP contribution in [0.1, 0.15) is 54.2 Å². The molecule has 0 aliphatic heterocycles. The Bertz CT molecular complexity index is 1010. The van der Waals surface area contributed by atoms with Gasteiger partial charge in [0, 0.05) is 25.2 Å². The molecule has 1 amide bonds. The molecule has 148 valence electrons. The molecule has 0 atom stereocenters. The zero-order valence-electron chi connectivity index (χ0n) is 15.0. The van der Waals surface area contributed by atoms with Crippen molar-refractivity contribution in [3.05, 3.63) is 35.9 Å². The van der Waals surface area contributed by atoms with Crippen LogP contribution in [0.5, 0.6) is 0 Å². The zero-order valence-corrected chi connectivity index (χ0v) is 15.0. The summed E-state index contributed by atoms with van der Waals surface area (Å²) in [5.41, 5.74) is 5.40. The van der Waals surface area contributed by atoms with Gasteiger partial charge in [0.1, 0.15) is 17.0 Å². The summed E-state index contributed by atoms with van der Waals surface area (Å²) in [5.74, 6) is -0.549. The number of aliphatic hydroxyl groups is 1. The van der Waals surface area contributed by atoms with E-state index < -0.39 is 18.0 Å². The Labute approximate surface area is 159 Å². The fraction of sp³-hybridized carbons (Fsp3) is 0.444. The molecule has 0 unspecified atom stereocenters. The number of rotatable bonds is 5. The number of halogens is 2. The van der Waals surface area contributed by atoms with Crippen LogP contribution < -0.4 is 5.73 Å². The molecule has 8 nitrogen and oxygen atoms in total. The van der Waals surface area contributed by atoms with Crippen LogP contribution in [0.3, 0.4) is 0 Å². The Hall–Kier alpha value is -2.88. The van der Waals surface area contributed by atoms with Gasteiger partial charge in [0.15, 0.2) is 5.65 Å². The molecule has 3 N–H and O–H groups in total. The number of carbonyl (C=O) groups is 1. The van der Waals surface area contributed by atoms with Crippen LogP contribution in [0, 0.1) is 5.92 Å². The van der Waals surface area contributed by atoms with Crippen LogP contribution in [0.15, 0.2) is 24.7 Å². The molecule has 0 spiro atoms. The summed E-state index contributed by atoms with van der Waals surface area (Å²) in [5, 5.41) is 17.7. The van der Waals surface area contributed by atoms with E-state index in [1.807, 2.05) is 0 Å². The van der Waals surface area contributed by atoms with Gasteiger partial charge < -0.3 is 10.8 Å². The Balaban J connectivity index is 1.80. The summed E-state index contributed by atoms with van der Waals surface area (Å²) >= 11 is 0. The predicted molar refractivity (Wildman–Crippen MR) is 95.8 cm³/mol. The number of alkyl halides is 2. The van der Waals surface area contributed by atoms with Crippen molar-refractivity contribution in [1.82, 2.24) is 24.4 Å². The molecule has 3 aromatic rings. The standard InChI is InChI=1S/C18H20F2N6O2/c19-16(20)15-12(8-26(24-15)11-4-2-10(9-27)3-5-11)14-13(17(21)28)18-22-6-1-7-25(18)23-14/h1,6-8,10-11,16,27H,2-5,9H2,(H2,21,28). The van der Waals surface area contributed by atoms with Gasteiger partial charge in [0.25, 0.3) is 12.3 Å². The maximum Gasteiger partial charge on any atom is 0.282 e. The lowest BCUT2D eigenvalue weighted by Gasteiger charge is -2.27. The highest BCUT2D eigenvalue weighted by atomic mass is 19.3. The van der Waals surface area contributed by atoms with Gasteiger partial charge >= 0.3 is 0 Å². The van der Waals surface area contributed by atoms with Crippen LogP contribution in [0.25, 0.3) is 16.9 Å². The Kier molecular flexibility index (Phi) is 4.80. The predicted octanol–water partition coefficient (Wildman–Crippen LogP) is 2.35. The molecule has 1 aliphatic carbocycles. The number of primary amides is 1. The van der Waals surface area contributed by atoms with E-state index in [1.54, 1.807) is 12.3 Å². The first-order valence-electron chi connectivity index (χ1n) is 9.11. The smallest absolute Gasteiger partial charge is 0.282 e. The summed E-state index contributed by atoms with van der Waals surface area (Å²) in [6.07, 6.45) is 4.83. The van der Waals surface area contributed by atoms with E-state index in [-0.39, 0.29) is 41.0 Å². The lowest BCUT2D eigenvalue weighted by Crippen LogP contribution is -2.20. The van der Waals surface area contributed by atoms with Crippen molar-refractivity contribution in [3.63, 3.8) is 0 Å². The van der Waals surface area contributed by atoms with Crippen LogP contribution in [0.2, 0.25) is 0 Å². The van der Waals surface area contributed by atoms with Gasteiger partial charge in [-0.25, -0.2) is 18.3 Å². The minimum absolute atomic E-state index is 0.00830. The first-order valence-corrected chi connectivity index (χ1v) is 9.11. The van der Waals surface area contributed by atoms with E-state index in [2.05, 4.69) is 15.2 Å². The van der Waals surface area contributed by atoms with Crippen molar-refractivity contribution < 1.29 is 18.7 Å². The third kappa shape index (κ3) is 3.13. The Morgan fingerprint density at radius 3 is 2.68 bits per heavy atom. The second kappa shape index (κ2) is 7.27. The van der Waals surface area contributed by atoms with Crippen molar-refractivity contribution >= 4 is 11.6 Å². The van der Waals surface area contributed by atoms with Crippen molar-refractivity contribution in [1.29, 1.82) is 0 Å². The minimum Gasteiger partial charge on any atom is -0.396 e. The first kappa shape index (κ1) is 18.5. The van der Waals surface area contributed by atoms with Gasteiger partial charge in [-0.2, -0.15) is 10.2 Å². The molecule has 3 aromatic heterocycles. The summed E-state index contributed by atoms with van der Waals surface area (Å²) in [6, 6.07) is 1.58. The molecular weight excluding hydrogens is 370 g/mol. The molecule has 0 bridgehead atoms. The molecular formula is C18H20F2N6O2. The molecule has 1 aliphatic rings. The highest BCUT2D eigenvalue weighted by molar-refractivity contribution is 6.04. The van der Waals surface area contributed by atoms with E-state index in [0.717, 1.165) is 25.7 Å². The number of hydrogen-bond acceptors (Lipinski definition) is 5. The number of carbonyl (C=O) groups excluding carboxylic acids is 1. The maximum absolute atomic E-state index is 13.7. The van der Waals surface area contributed by atoms with Crippen LogP contribution in [-0.4, -0.2) is 42.0 Å². The number of hydrogen-bond donors (Lipinski definition) is 2. The second-order valence-electron chi connectivity index (χ2n) is 7.04. The Morgan fingerprint density at radius 2 is 2.04 bits per heavy atom. The van der Waals surface area contributed by atoms with Gasteiger partial charge in [-0.15, -0.1) is 0 Å². The summed E-state index contributed by atoms with van der Waals surface area (Å²) < 4.78 is 30.3. The number of aliphatic hydroxyl groups excluding tert-OH is 1. The normalized spacial score (nSPS) is 20.1. The summed E-state index contributed by atoms with van der Waals surface area (Å²) in [6.45, 7) is 0.135. The lowest BCUT2D eigenvalue weighted by molar-refractivity contribution is 0.100. The zero-order chi connectivity index (χ0) is 19.8. The molecule has 1 saturated carbocycles. The summed E-state index contributed by atoms with van der Waals surface area (Å²) in [4.78, 5) is 16.1. The fourth-order valence-electron chi connectivity index (χ4n) is 3.83. The summed E-state index contributed by atoms with van der Waals surface area (Å²) in [7, 11) is 0. The average molecular weight is 390 g/mol. The minimum atomic E-state index is -2.83. The van der Waals surface area contributed by atoms with Gasteiger partial charge in [-0.3, -0.25) is 9.48 Å². The molecule has 4 rings (SSSR count). The van der Waals surface area contributed by atoms with Crippen molar-refractivity contribution in [2.24, 2.45) is 11.7 Å². The molecule has 0 aromatic carbocycles. The van der Waals surface area contributed by atoms with Crippen LogP contribution in [-0.2, 0) is 0 Å². The van der Waals surface area contributed by atoms with E-state index in [1.165, 1.54) is 21.6 Å². The number of nitrogens with two attached hydrogens (primary N) is 1.